The molecule has 0 radical (unpaired) electrons. The van der Waals surface area contributed by atoms with Crippen LogP contribution in [0.2, 0.25) is 0 Å². The fourth-order valence-electron chi connectivity index (χ4n) is 6.45. The average molecular weight is 751 g/mol. The van der Waals surface area contributed by atoms with E-state index in [1.807, 2.05) is 126 Å². The number of rotatable bonds is 15. The van der Waals surface area contributed by atoms with Gasteiger partial charge in [-0.2, -0.15) is 0 Å². The number of hydrogen-bond donors (Lipinski definition) is 5. The summed E-state index contributed by atoms with van der Waals surface area (Å²) in [7, 11) is 0. The summed E-state index contributed by atoms with van der Waals surface area (Å²) in [6.45, 7) is 11.1. The van der Waals surface area contributed by atoms with E-state index in [0.29, 0.717) is 31.3 Å². The van der Waals surface area contributed by atoms with E-state index in [1.165, 1.54) is 11.1 Å². The summed E-state index contributed by atoms with van der Waals surface area (Å²) >= 11 is 0. The maximum atomic E-state index is 12.3. The highest BCUT2D eigenvalue weighted by atomic mass is 16.6. The lowest BCUT2D eigenvalue weighted by molar-refractivity contribution is 0.0470. The monoisotopic (exact) mass is 750 g/mol. The van der Waals surface area contributed by atoms with E-state index >= 15 is 0 Å². The van der Waals surface area contributed by atoms with Crippen molar-refractivity contribution in [2.45, 2.75) is 128 Å². The van der Waals surface area contributed by atoms with Crippen molar-refractivity contribution in [3.05, 3.63) is 144 Å². The first-order chi connectivity index (χ1) is 26.1. The lowest BCUT2D eigenvalue weighted by Gasteiger charge is -2.27. The van der Waals surface area contributed by atoms with Crippen molar-refractivity contribution in [2.75, 3.05) is 0 Å². The fraction of sp³-hybridized carbons (Fsp3) is 0.435. The highest BCUT2D eigenvalue weighted by Gasteiger charge is 2.38. The number of aliphatic hydroxyl groups excluding tert-OH is 1. The number of alkyl carbamates (subject to hydrolysis) is 2. The third-order valence-electron chi connectivity index (χ3n) is 9.07. The third kappa shape index (κ3) is 17.5. The molecule has 1 aliphatic rings. The second-order valence-corrected chi connectivity index (χ2v) is 16.5. The van der Waals surface area contributed by atoms with Crippen molar-refractivity contribution >= 4 is 12.2 Å². The van der Waals surface area contributed by atoms with Gasteiger partial charge in [0.2, 0.25) is 0 Å². The predicted octanol–water partition coefficient (Wildman–Crippen LogP) is 7.54. The van der Waals surface area contributed by atoms with Crippen LogP contribution in [0, 0.1) is 0 Å². The zero-order valence-electron chi connectivity index (χ0n) is 33.4. The number of carbonyl (C=O) groups is 2. The molecule has 6 atom stereocenters. The normalized spacial score (nSPS) is 17.3. The summed E-state index contributed by atoms with van der Waals surface area (Å²) in [5, 5.41) is 20.2. The van der Waals surface area contributed by atoms with Crippen LogP contribution >= 0.6 is 0 Å². The first-order valence-electron chi connectivity index (χ1n) is 19.5. The molecule has 2 amide bonds. The van der Waals surface area contributed by atoms with Crippen LogP contribution in [0.15, 0.2) is 121 Å². The van der Waals surface area contributed by atoms with Crippen molar-refractivity contribution in [3.8, 4) is 0 Å². The van der Waals surface area contributed by atoms with Gasteiger partial charge in [-0.3, -0.25) is 0 Å². The Labute approximate surface area is 328 Å². The van der Waals surface area contributed by atoms with E-state index in [4.69, 9.17) is 15.2 Å². The maximum Gasteiger partial charge on any atom is 0.407 e. The third-order valence-corrected chi connectivity index (χ3v) is 9.07. The van der Waals surface area contributed by atoms with Gasteiger partial charge in [0.05, 0.1) is 6.10 Å². The van der Waals surface area contributed by atoms with Crippen LogP contribution in [0.1, 0.15) is 76.6 Å². The fourth-order valence-corrected chi connectivity index (χ4v) is 6.45. The van der Waals surface area contributed by atoms with Gasteiger partial charge >= 0.3 is 12.2 Å². The Morgan fingerprint density at radius 3 is 1.44 bits per heavy atom. The quantitative estimate of drug-likeness (QED) is 0.0790. The van der Waals surface area contributed by atoms with Crippen molar-refractivity contribution in [1.29, 1.82) is 0 Å². The second kappa shape index (κ2) is 20.8. The molecule has 6 N–H and O–H groups in total. The van der Waals surface area contributed by atoms with Gasteiger partial charge in [-0.15, -0.1) is 0 Å². The van der Waals surface area contributed by atoms with Gasteiger partial charge in [0, 0.05) is 30.2 Å². The minimum absolute atomic E-state index is 0.0422. The van der Waals surface area contributed by atoms with E-state index in [-0.39, 0.29) is 18.2 Å². The summed E-state index contributed by atoms with van der Waals surface area (Å²) in [4.78, 5) is 24.5. The lowest BCUT2D eigenvalue weighted by atomic mass is 9.94. The molecule has 1 heterocycles. The van der Waals surface area contributed by atoms with E-state index in [2.05, 4.69) is 52.3 Å². The van der Waals surface area contributed by atoms with E-state index in [9.17, 15) is 14.7 Å². The van der Waals surface area contributed by atoms with Gasteiger partial charge in [0.15, 0.2) is 0 Å². The molecule has 9 heteroatoms. The predicted molar refractivity (Wildman–Crippen MR) is 221 cm³/mol. The van der Waals surface area contributed by atoms with Crippen molar-refractivity contribution < 1.29 is 24.2 Å². The van der Waals surface area contributed by atoms with Gasteiger partial charge < -0.3 is 36.3 Å². The minimum Gasteiger partial charge on any atom is -0.444 e. The zero-order valence-corrected chi connectivity index (χ0v) is 33.4. The second-order valence-electron chi connectivity index (χ2n) is 16.5. The van der Waals surface area contributed by atoms with Crippen LogP contribution < -0.4 is 21.7 Å². The van der Waals surface area contributed by atoms with Gasteiger partial charge in [0.1, 0.15) is 11.2 Å². The number of carbonyl (C=O) groups excluding carboxylic acids is 2. The first kappa shape index (κ1) is 43.0. The topological polar surface area (TPSA) is 145 Å². The van der Waals surface area contributed by atoms with Crippen LogP contribution in [0.3, 0.4) is 0 Å². The summed E-state index contributed by atoms with van der Waals surface area (Å²) in [6.07, 6.45) is 2.66. The highest BCUT2D eigenvalue weighted by Crippen LogP contribution is 2.23. The van der Waals surface area contributed by atoms with Crippen LogP contribution in [0.25, 0.3) is 0 Å². The molecule has 4 aromatic carbocycles. The summed E-state index contributed by atoms with van der Waals surface area (Å²) in [6, 6.07) is 40.8. The Bertz CT molecular complexity index is 1690. The molecule has 9 nitrogen and oxygen atoms in total. The average Bonchev–Trinajstić information content (AvgIpc) is 3.84. The molecule has 0 aliphatic carbocycles. The van der Waals surface area contributed by atoms with E-state index in [0.717, 1.165) is 30.4 Å². The molecule has 0 bridgehead atoms. The Kier molecular flexibility index (Phi) is 16.3. The molecule has 5 rings (SSSR count). The van der Waals surface area contributed by atoms with E-state index in [1.54, 1.807) is 0 Å². The summed E-state index contributed by atoms with van der Waals surface area (Å²) in [5.41, 5.74) is 9.88. The van der Waals surface area contributed by atoms with Crippen LogP contribution in [-0.2, 0) is 35.2 Å². The number of benzene rings is 4. The van der Waals surface area contributed by atoms with Crippen LogP contribution in [0.5, 0.6) is 0 Å². The number of nitrogens with two attached hydrogens (primary N) is 1. The molecule has 1 saturated heterocycles. The standard InChI is InChI=1S/C23H32N2O3.C23H30N2O2/c1-23(2,3)28-22(27)25-19(14-17-10-6-4-7-11-17)16-21(26)20(24)15-18-12-8-5-9-13-18;1-23(2,3)27-22(26)24-19(14-17-10-6-4-7-11-17)16-21-20(25-21)15-18-12-8-5-9-13-18/h4-13,19-21,26H,14-16,24H2,1-3H3,(H,25,27);4-13,19-21,25H,14-16H2,1-3H3,(H,24,26)/t19-,20-,21-;19-,20-,21+/m00/s1. The zero-order chi connectivity index (χ0) is 39.8. The molecule has 0 saturated carbocycles. The number of amides is 2. The molecule has 296 valence electrons. The lowest BCUT2D eigenvalue weighted by Crippen LogP contribution is -2.46. The van der Waals surface area contributed by atoms with E-state index < -0.39 is 29.4 Å². The van der Waals surface area contributed by atoms with Crippen LogP contribution in [-0.4, -0.2) is 64.8 Å². The number of aliphatic hydroxyl groups is 1. The van der Waals surface area contributed by atoms with Gasteiger partial charge in [0.25, 0.3) is 0 Å². The van der Waals surface area contributed by atoms with Gasteiger partial charge in [-0.05, 0) is 102 Å². The maximum absolute atomic E-state index is 12.3. The summed E-state index contributed by atoms with van der Waals surface area (Å²) < 4.78 is 10.8. The SMILES string of the molecule is CC(C)(C)OC(=O)N[C@@H](Cc1ccccc1)C[C@H](O)[C@@H](N)Cc1ccccc1.CC(C)(C)OC(=O)N[C@@H](Cc1ccccc1)C[C@H]1N[C@H]1Cc1ccccc1. The van der Waals surface area contributed by atoms with Crippen LogP contribution in [0.4, 0.5) is 9.59 Å². The molecule has 0 spiro atoms. The Morgan fingerprint density at radius 2 is 1.00 bits per heavy atom. The molecule has 1 aliphatic heterocycles. The largest absolute Gasteiger partial charge is 0.444 e. The first-order valence-corrected chi connectivity index (χ1v) is 19.5. The minimum atomic E-state index is -0.746. The van der Waals surface area contributed by atoms with Gasteiger partial charge in [-0.25, -0.2) is 9.59 Å². The Morgan fingerprint density at radius 1 is 0.618 bits per heavy atom. The molecule has 1 fully saturated rings. The molecule has 0 unspecified atom stereocenters. The number of hydrogen-bond acceptors (Lipinski definition) is 7. The van der Waals surface area contributed by atoms with Crippen molar-refractivity contribution in [1.82, 2.24) is 16.0 Å². The Hall–Kier alpha value is -4.70. The smallest absolute Gasteiger partial charge is 0.407 e. The molecule has 0 aromatic heterocycles. The highest BCUT2D eigenvalue weighted by molar-refractivity contribution is 5.68. The molecular weight excluding hydrogens is 689 g/mol. The van der Waals surface area contributed by atoms with Crippen molar-refractivity contribution in [3.63, 3.8) is 0 Å². The Balaban J connectivity index is 0.000000245. The number of ether oxygens (including phenoxy) is 2. The van der Waals surface area contributed by atoms with Gasteiger partial charge in [-0.1, -0.05) is 121 Å². The number of nitrogens with one attached hydrogen (secondary N) is 3. The molecule has 55 heavy (non-hydrogen) atoms. The summed E-state index contributed by atoms with van der Waals surface area (Å²) in [5.74, 6) is 0. The molecular formula is C46H62N4O5. The molecule has 4 aromatic rings. The van der Waals surface area contributed by atoms with Crippen molar-refractivity contribution in [2.24, 2.45) is 5.73 Å².